The summed E-state index contributed by atoms with van der Waals surface area (Å²) in [6.45, 7) is 2.02. The first kappa shape index (κ1) is 21.7. The predicted octanol–water partition coefficient (Wildman–Crippen LogP) is 2.23. The number of fused-ring (bicyclic) bond motifs is 1. The highest BCUT2D eigenvalue weighted by molar-refractivity contribution is 5.99. The van der Waals surface area contributed by atoms with Crippen LogP contribution in [0.3, 0.4) is 0 Å². The Morgan fingerprint density at radius 2 is 1.82 bits per heavy atom. The van der Waals surface area contributed by atoms with Crippen LogP contribution in [0.15, 0.2) is 69.3 Å². The molecule has 4 rings (SSSR count). The predicted molar refractivity (Wildman–Crippen MR) is 125 cm³/mol. The highest BCUT2D eigenvalue weighted by Crippen LogP contribution is 2.19. The van der Waals surface area contributed by atoms with Crippen LogP contribution >= 0.6 is 0 Å². The number of nitro benzene ring substituents is 1. The SMILES string of the molecule is C/C(=N\Nc1nc2c(c(=O)n(C)c(=O)n2C)n1Cc1ccccc1)c1cccc([N+](=O)[O-])c1. The molecule has 0 aliphatic heterocycles. The fourth-order valence-corrected chi connectivity index (χ4v) is 3.49. The molecule has 11 heteroatoms. The molecule has 0 atom stereocenters. The molecule has 168 valence electrons. The summed E-state index contributed by atoms with van der Waals surface area (Å²) in [5.41, 5.74) is 4.33. The zero-order valence-electron chi connectivity index (χ0n) is 18.2. The first-order chi connectivity index (χ1) is 15.8. The Morgan fingerprint density at radius 3 is 2.52 bits per heavy atom. The summed E-state index contributed by atoms with van der Waals surface area (Å²) in [4.78, 5) is 40.4. The van der Waals surface area contributed by atoms with Crippen molar-refractivity contribution in [1.29, 1.82) is 0 Å². The van der Waals surface area contributed by atoms with Gasteiger partial charge < -0.3 is 0 Å². The van der Waals surface area contributed by atoms with Crippen molar-refractivity contribution < 1.29 is 4.92 Å². The number of nitro groups is 1. The summed E-state index contributed by atoms with van der Waals surface area (Å²) in [5.74, 6) is 0.261. The van der Waals surface area contributed by atoms with E-state index in [1.807, 2.05) is 30.3 Å². The second kappa shape index (κ2) is 8.54. The summed E-state index contributed by atoms with van der Waals surface area (Å²) < 4.78 is 4.00. The zero-order valence-corrected chi connectivity index (χ0v) is 18.2. The maximum Gasteiger partial charge on any atom is 0.332 e. The first-order valence-corrected chi connectivity index (χ1v) is 10.0. The second-order valence-corrected chi connectivity index (χ2v) is 7.50. The number of anilines is 1. The van der Waals surface area contributed by atoms with Crippen LogP contribution in [-0.2, 0) is 20.6 Å². The van der Waals surface area contributed by atoms with Gasteiger partial charge in [-0.15, -0.1) is 0 Å². The van der Waals surface area contributed by atoms with Crippen LogP contribution in [0.1, 0.15) is 18.1 Å². The van der Waals surface area contributed by atoms with Crippen LogP contribution < -0.4 is 16.7 Å². The largest absolute Gasteiger partial charge is 0.332 e. The highest BCUT2D eigenvalue weighted by atomic mass is 16.6. The molecular weight excluding hydrogens is 426 g/mol. The zero-order chi connectivity index (χ0) is 23.7. The average molecular weight is 447 g/mol. The molecule has 2 aromatic carbocycles. The molecule has 0 unspecified atom stereocenters. The number of non-ortho nitro benzene ring substituents is 1. The molecule has 0 aliphatic rings. The van der Waals surface area contributed by atoms with Crippen LogP contribution in [0, 0.1) is 10.1 Å². The van der Waals surface area contributed by atoms with E-state index in [9.17, 15) is 19.7 Å². The van der Waals surface area contributed by atoms with Gasteiger partial charge in [0.1, 0.15) is 0 Å². The number of imidazole rings is 1. The third-order valence-corrected chi connectivity index (χ3v) is 5.33. The van der Waals surface area contributed by atoms with Crippen molar-refractivity contribution >= 4 is 28.5 Å². The van der Waals surface area contributed by atoms with E-state index in [2.05, 4.69) is 15.5 Å². The number of hydrazone groups is 1. The van der Waals surface area contributed by atoms with Crippen LogP contribution in [0.25, 0.3) is 11.2 Å². The van der Waals surface area contributed by atoms with E-state index < -0.39 is 16.2 Å². The lowest BCUT2D eigenvalue weighted by Crippen LogP contribution is -2.37. The number of nitrogens with one attached hydrogen (secondary N) is 1. The Balaban J connectivity index is 1.83. The van der Waals surface area contributed by atoms with E-state index in [0.717, 1.165) is 10.1 Å². The maximum absolute atomic E-state index is 12.9. The molecule has 2 aromatic heterocycles. The van der Waals surface area contributed by atoms with Gasteiger partial charge in [-0.05, 0) is 12.5 Å². The molecule has 0 radical (unpaired) electrons. The van der Waals surface area contributed by atoms with Crippen molar-refractivity contribution in [2.75, 3.05) is 5.43 Å². The first-order valence-electron chi connectivity index (χ1n) is 10.0. The number of aromatic nitrogens is 4. The van der Waals surface area contributed by atoms with Crippen LogP contribution in [0.4, 0.5) is 11.6 Å². The van der Waals surface area contributed by atoms with Crippen LogP contribution in [0.2, 0.25) is 0 Å². The molecule has 11 nitrogen and oxygen atoms in total. The van der Waals surface area contributed by atoms with Gasteiger partial charge in [0.15, 0.2) is 11.2 Å². The van der Waals surface area contributed by atoms with Crippen molar-refractivity contribution in [3.8, 4) is 0 Å². The molecule has 0 aliphatic carbocycles. The van der Waals surface area contributed by atoms with Gasteiger partial charge in [0.05, 0.1) is 17.2 Å². The Morgan fingerprint density at radius 1 is 1.09 bits per heavy atom. The van der Waals surface area contributed by atoms with Crippen LogP contribution in [-0.4, -0.2) is 29.3 Å². The molecule has 0 fully saturated rings. The van der Waals surface area contributed by atoms with Crippen molar-refractivity contribution in [2.24, 2.45) is 19.2 Å². The van der Waals surface area contributed by atoms with Crippen molar-refractivity contribution in [1.82, 2.24) is 18.7 Å². The third-order valence-electron chi connectivity index (χ3n) is 5.33. The Hall–Kier alpha value is -4.54. The highest BCUT2D eigenvalue weighted by Gasteiger charge is 2.19. The lowest BCUT2D eigenvalue weighted by Gasteiger charge is -2.10. The number of rotatable bonds is 6. The molecule has 0 bridgehead atoms. The number of hydrogen-bond donors (Lipinski definition) is 1. The summed E-state index contributed by atoms with van der Waals surface area (Å²) in [6, 6.07) is 15.6. The van der Waals surface area contributed by atoms with Gasteiger partial charge in [-0.25, -0.2) is 10.2 Å². The van der Waals surface area contributed by atoms with E-state index in [0.29, 0.717) is 17.8 Å². The van der Waals surface area contributed by atoms with Crippen molar-refractivity contribution in [3.63, 3.8) is 0 Å². The summed E-state index contributed by atoms with van der Waals surface area (Å²) in [5, 5.41) is 15.4. The number of benzene rings is 2. The fraction of sp³-hybridized carbons (Fsp3) is 0.182. The fourth-order valence-electron chi connectivity index (χ4n) is 3.49. The van der Waals surface area contributed by atoms with E-state index in [1.165, 1.54) is 23.7 Å². The smallest absolute Gasteiger partial charge is 0.298 e. The minimum Gasteiger partial charge on any atom is -0.298 e. The molecule has 1 N–H and O–H groups in total. The molecule has 0 amide bonds. The second-order valence-electron chi connectivity index (χ2n) is 7.50. The number of hydrogen-bond acceptors (Lipinski definition) is 7. The third kappa shape index (κ3) is 4.03. The Kier molecular flexibility index (Phi) is 5.61. The van der Waals surface area contributed by atoms with E-state index in [-0.39, 0.29) is 22.8 Å². The van der Waals surface area contributed by atoms with E-state index in [4.69, 9.17) is 0 Å². The lowest BCUT2D eigenvalue weighted by atomic mass is 10.1. The van der Waals surface area contributed by atoms with Gasteiger partial charge in [-0.3, -0.25) is 28.6 Å². The molecule has 0 spiro atoms. The van der Waals surface area contributed by atoms with Gasteiger partial charge in [0.2, 0.25) is 5.95 Å². The quantitative estimate of drug-likeness (QED) is 0.274. The average Bonchev–Trinajstić information content (AvgIpc) is 3.18. The topological polar surface area (TPSA) is 129 Å². The molecule has 0 saturated heterocycles. The minimum absolute atomic E-state index is 0.0446. The van der Waals surface area contributed by atoms with Gasteiger partial charge >= 0.3 is 5.69 Å². The lowest BCUT2D eigenvalue weighted by molar-refractivity contribution is -0.384. The number of aryl methyl sites for hydroxylation is 1. The Bertz CT molecular complexity index is 1510. The molecule has 2 heterocycles. The molecule has 0 saturated carbocycles. The minimum atomic E-state index is -0.486. The van der Waals surface area contributed by atoms with E-state index in [1.54, 1.807) is 30.7 Å². The maximum atomic E-state index is 12.9. The van der Waals surface area contributed by atoms with Gasteiger partial charge in [-0.1, -0.05) is 42.5 Å². The van der Waals surface area contributed by atoms with Crippen LogP contribution in [0.5, 0.6) is 0 Å². The molecule has 33 heavy (non-hydrogen) atoms. The summed E-state index contributed by atoms with van der Waals surface area (Å²) in [7, 11) is 2.97. The summed E-state index contributed by atoms with van der Waals surface area (Å²) >= 11 is 0. The monoisotopic (exact) mass is 447 g/mol. The van der Waals surface area contributed by atoms with Gasteiger partial charge in [0.25, 0.3) is 11.2 Å². The molecule has 4 aromatic rings. The van der Waals surface area contributed by atoms with Crippen molar-refractivity contribution in [2.45, 2.75) is 13.5 Å². The van der Waals surface area contributed by atoms with Crippen molar-refractivity contribution in [3.05, 3.63) is 96.7 Å². The van der Waals surface area contributed by atoms with Gasteiger partial charge in [-0.2, -0.15) is 10.1 Å². The normalized spacial score (nSPS) is 11.7. The number of nitrogens with zero attached hydrogens (tertiary/aromatic N) is 6. The van der Waals surface area contributed by atoms with Gasteiger partial charge in [0, 0.05) is 31.8 Å². The summed E-state index contributed by atoms with van der Waals surface area (Å²) in [6.07, 6.45) is 0. The van der Waals surface area contributed by atoms with E-state index >= 15 is 0 Å². The standard InChI is InChI=1S/C22H21N7O4/c1-14(16-10-7-11-17(12-16)29(32)33)24-25-21-23-19-18(20(30)27(3)22(31)26(19)2)28(21)13-15-8-5-4-6-9-15/h4-12H,13H2,1-3H3,(H,23,25)/b24-14+. The Labute approximate surface area is 187 Å². The molecular formula is C22H21N7O4.